The zero-order chi connectivity index (χ0) is 80.4. The summed E-state index contributed by atoms with van der Waals surface area (Å²) in [6.45, 7) is 44.1. The predicted octanol–water partition coefficient (Wildman–Crippen LogP) is 25.0. The quantitative estimate of drug-likeness (QED) is 0.0279. The first-order valence-electron chi connectivity index (χ1n) is 44.0. The van der Waals surface area contributed by atoms with Gasteiger partial charge in [0.25, 0.3) is 0 Å². The second-order valence-electron chi connectivity index (χ2n) is 36.4. The molecular formula is C95H144N8O9. The maximum Gasteiger partial charge on any atom is 0.164 e. The number of ether oxygens (including phenoxy) is 7. The zero-order valence-electron chi connectivity index (χ0n) is 72.3. The molecule has 0 saturated heterocycles. The minimum Gasteiger partial charge on any atom is -0.491 e. The molecular weight excluding hydrogens is 1400 g/mol. The van der Waals surface area contributed by atoms with Crippen LogP contribution in [0.2, 0.25) is 0 Å². The molecule has 0 amide bonds. The SMILES string of the molecule is CC(C)CCC[C@H](C)CCOc1cc2c(cc1OCC[C@@H](C)CCCC(C)C)-c1nc-2nc2[nH]c(nc3nc(nc4[nH]c(n1)c1cc(OCC[C@@H](C)CCCC(C)C)c(OCC[C@@H](C)CCCC(C)C)cc41)-c1cc(OCC[C@@H](C)CCCC(C)C)c(OCC[C@@H](C)CCCC(C)C)cc1-3)c1cc(OC[C@H](O)CO)ccc21. The molecule has 3 aromatic heterocycles. The van der Waals surface area contributed by atoms with E-state index >= 15 is 0 Å². The minimum absolute atomic E-state index is 0.121. The molecule has 4 aromatic carbocycles. The molecule has 7 aromatic rings. The molecule has 0 unspecified atom stereocenters. The van der Waals surface area contributed by atoms with Crippen LogP contribution in [0.4, 0.5) is 0 Å². The predicted molar refractivity (Wildman–Crippen MR) is 462 cm³/mol. The van der Waals surface area contributed by atoms with Gasteiger partial charge in [-0.3, -0.25) is 0 Å². The molecule has 112 heavy (non-hydrogen) atoms. The lowest BCUT2D eigenvalue weighted by Gasteiger charge is -2.18. The van der Waals surface area contributed by atoms with E-state index in [1.807, 2.05) is 30.3 Å². The van der Waals surface area contributed by atoms with Crippen LogP contribution in [0.25, 0.3) is 89.7 Å². The standard InChI is InChI=1S/C95H144N8O9/c1-60(2)25-19-31-66(13)39-45-106-82-52-76-77(53-83(82)107-46-40-67(14)32-20-26-61(3)4)92-99-90(76)97-88-74-38-37-73(112-59-72(105)58-104)51-75(74)89(96-88)98-91-78-54-84(108-47-41-68(15)33-21-27-62(5)6)85(109-48-42-69(16)34-22-28-63(7)8)55-79(78)93(100-91)102-95-81-57-87(111-50-44-71(18)36-24-30-65(11)12)86(56-80(81)94(101-92)103-95)110-49-43-70(17)35-23-29-64(9)10/h37-38,51-57,60-72,104-105H,19-36,39-50,58-59H2,1-18H3,(H2,96,97,98,99,100,101,102,103)/t66-,67-,68-,69-,70-,71-,72+/m0/s1. The summed E-state index contributed by atoms with van der Waals surface area (Å²) in [6.07, 6.45) is 25.4. The number of aromatic nitrogens is 8. The molecule has 5 heterocycles. The lowest BCUT2D eigenvalue weighted by molar-refractivity contribution is 0.0536. The lowest BCUT2D eigenvalue weighted by atomic mass is 9.97. The summed E-state index contributed by atoms with van der Waals surface area (Å²) >= 11 is 0. The fourth-order valence-electron chi connectivity index (χ4n) is 15.1. The molecule has 9 rings (SSSR count). The van der Waals surface area contributed by atoms with Crippen molar-refractivity contribution in [3.63, 3.8) is 0 Å². The third-order valence-corrected chi connectivity index (χ3v) is 22.7. The Hall–Kier alpha value is -7.24. The molecule has 0 saturated carbocycles. The topological polar surface area (TPSA) is 214 Å². The van der Waals surface area contributed by atoms with Crippen LogP contribution < -0.4 is 33.2 Å². The smallest absolute Gasteiger partial charge is 0.164 e. The van der Waals surface area contributed by atoms with E-state index in [0.717, 1.165) is 110 Å². The van der Waals surface area contributed by atoms with E-state index < -0.39 is 12.7 Å². The van der Waals surface area contributed by atoms with E-state index in [9.17, 15) is 10.2 Å². The highest BCUT2D eigenvalue weighted by molar-refractivity contribution is 6.07. The average Bonchev–Trinajstić information content (AvgIpc) is 1.59. The van der Waals surface area contributed by atoms with Gasteiger partial charge in [-0.15, -0.1) is 0 Å². The van der Waals surface area contributed by atoms with Gasteiger partial charge in [-0.05, 0) is 164 Å². The number of hydrogen-bond acceptors (Lipinski definition) is 15. The fourth-order valence-corrected chi connectivity index (χ4v) is 15.1. The summed E-state index contributed by atoms with van der Waals surface area (Å²) in [6, 6.07) is 18.0. The molecule has 0 spiro atoms. The lowest BCUT2D eigenvalue weighted by Crippen LogP contribution is -2.21. The van der Waals surface area contributed by atoms with Gasteiger partial charge in [0.1, 0.15) is 41.0 Å². The van der Waals surface area contributed by atoms with Gasteiger partial charge >= 0.3 is 0 Å². The Morgan fingerprint density at radius 2 is 0.518 bits per heavy atom. The maximum atomic E-state index is 10.6. The number of H-pyrrole nitrogens is 2. The normalized spacial score (nSPS) is 14.2. The number of nitrogens with zero attached hydrogens (tertiary/aromatic N) is 6. The molecule has 17 nitrogen and oxygen atoms in total. The minimum atomic E-state index is -1.08. The number of aromatic amines is 2. The number of benzene rings is 4. The Kier molecular flexibility index (Phi) is 35.3. The van der Waals surface area contributed by atoms with Gasteiger partial charge in [-0.2, -0.15) is 0 Å². The summed E-state index contributed by atoms with van der Waals surface area (Å²) in [4.78, 5) is 40.8. The van der Waals surface area contributed by atoms with Gasteiger partial charge in [0.2, 0.25) is 0 Å². The van der Waals surface area contributed by atoms with Crippen molar-refractivity contribution in [2.45, 2.75) is 285 Å². The molecule has 0 fully saturated rings. The maximum absolute atomic E-state index is 10.6. The van der Waals surface area contributed by atoms with Crippen LogP contribution in [0.5, 0.6) is 40.2 Å². The van der Waals surface area contributed by atoms with Gasteiger partial charge in [-0.1, -0.05) is 240 Å². The molecule has 17 heteroatoms. The highest BCUT2D eigenvalue weighted by atomic mass is 16.5. The molecule has 618 valence electrons. The highest BCUT2D eigenvalue weighted by Crippen LogP contribution is 2.47. The van der Waals surface area contributed by atoms with Gasteiger partial charge < -0.3 is 53.3 Å². The van der Waals surface area contributed by atoms with Crippen molar-refractivity contribution >= 4 is 44.1 Å². The van der Waals surface area contributed by atoms with E-state index in [4.69, 9.17) is 63.1 Å². The third kappa shape index (κ3) is 27.5. The van der Waals surface area contributed by atoms with Crippen LogP contribution in [0.15, 0.2) is 54.6 Å². The van der Waals surface area contributed by atoms with Gasteiger partial charge in [-0.25, -0.2) is 29.9 Å². The van der Waals surface area contributed by atoms with Crippen molar-refractivity contribution in [1.29, 1.82) is 0 Å². The highest BCUT2D eigenvalue weighted by Gasteiger charge is 2.29. The molecule has 0 radical (unpaired) electrons. The van der Waals surface area contributed by atoms with Crippen molar-refractivity contribution in [1.82, 2.24) is 39.9 Å². The van der Waals surface area contributed by atoms with Crippen molar-refractivity contribution in [2.24, 2.45) is 71.0 Å². The van der Waals surface area contributed by atoms with E-state index in [0.29, 0.717) is 208 Å². The van der Waals surface area contributed by atoms with E-state index in [2.05, 4.69) is 159 Å². The molecule has 2 aliphatic heterocycles. The van der Waals surface area contributed by atoms with Crippen molar-refractivity contribution in [2.75, 3.05) is 52.9 Å². The van der Waals surface area contributed by atoms with Crippen LogP contribution in [0, 0.1) is 71.0 Å². The largest absolute Gasteiger partial charge is 0.491 e. The Morgan fingerprint density at radius 3 is 0.768 bits per heavy atom. The Balaban J connectivity index is 1.30. The first-order chi connectivity index (χ1) is 53.8. The third-order valence-electron chi connectivity index (χ3n) is 22.7. The van der Waals surface area contributed by atoms with Crippen molar-refractivity contribution < 1.29 is 43.4 Å². The van der Waals surface area contributed by atoms with Crippen LogP contribution in [0.3, 0.4) is 0 Å². The Labute approximate surface area is 672 Å². The zero-order valence-corrected chi connectivity index (χ0v) is 72.3. The first kappa shape index (κ1) is 88.7. The van der Waals surface area contributed by atoms with Crippen LogP contribution in [-0.2, 0) is 0 Å². The van der Waals surface area contributed by atoms with Crippen molar-refractivity contribution in [3.8, 4) is 85.8 Å². The Morgan fingerprint density at radius 1 is 0.277 bits per heavy atom. The number of fused-ring (bicyclic) bond motifs is 20. The number of rotatable bonds is 52. The van der Waals surface area contributed by atoms with Crippen molar-refractivity contribution in [3.05, 3.63) is 54.6 Å². The van der Waals surface area contributed by atoms with Gasteiger partial charge in [0.15, 0.2) is 57.8 Å². The Bertz CT molecular complexity index is 4200. The summed E-state index contributed by atoms with van der Waals surface area (Å²) in [5.41, 5.74) is 4.84. The molecule has 8 bridgehead atoms. The van der Waals surface area contributed by atoms with Crippen LogP contribution >= 0.6 is 0 Å². The number of aliphatic hydroxyl groups excluding tert-OH is 2. The van der Waals surface area contributed by atoms with Crippen LogP contribution in [-0.4, -0.2) is 109 Å². The van der Waals surface area contributed by atoms with E-state index in [-0.39, 0.29) is 6.61 Å². The average molecular weight is 1540 g/mol. The first-order valence-corrected chi connectivity index (χ1v) is 44.0. The second kappa shape index (κ2) is 44.6. The molecule has 7 atom stereocenters. The molecule has 4 N–H and O–H groups in total. The number of hydrogen-bond donors (Lipinski definition) is 4. The van der Waals surface area contributed by atoms with Gasteiger partial charge in [0, 0.05) is 43.8 Å². The van der Waals surface area contributed by atoms with Crippen LogP contribution in [0.1, 0.15) is 279 Å². The van der Waals surface area contributed by atoms with Gasteiger partial charge in [0.05, 0.1) is 46.2 Å². The summed E-state index contributed by atoms with van der Waals surface area (Å²) in [7, 11) is 0. The fraction of sp³-hybridized carbons (Fsp3) is 0.663. The summed E-state index contributed by atoms with van der Waals surface area (Å²) < 4.78 is 48.0. The summed E-state index contributed by atoms with van der Waals surface area (Å²) in [5, 5.41) is 23.4. The summed E-state index contributed by atoms with van der Waals surface area (Å²) in [5.74, 6) is 12.7. The van der Waals surface area contributed by atoms with E-state index in [1.165, 1.54) is 77.0 Å². The molecule has 2 aliphatic rings. The number of aliphatic hydroxyl groups is 2. The second-order valence-corrected chi connectivity index (χ2v) is 36.4. The monoisotopic (exact) mass is 1540 g/mol. The molecule has 0 aliphatic carbocycles. The van der Waals surface area contributed by atoms with E-state index in [1.54, 1.807) is 0 Å². The number of nitrogens with one attached hydrogen (secondary N) is 2.